The minimum atomic E-state index is -4.52. The first-order valence-electron chi connectivity index (χ1n) is 6.30. The zero-order valence-electron chi connectivity index (χ0n) is 11.4. The van der Waals surface area contributed by atoms with Crippen molar-refractivity contribution >= 4 is 23.1 Å². The van der Waals surface area contributed by atoms with Crippen molar-refractivity contribution in [2.45, 2.75) is 6.18 Å². The molecule has 0 unspecified atom stereocenters. The first kappa shape index (κ1) is 14.1. The number of imidazole rings is 1. The van der Waals surface area contributed by atoms with Crippen LogP contribution >= 0.6 is 0 Å². The van der Waals surface area contributed by atoms with Gasteiger partial charge in [-0.1, -0.05) is 6.07 Å². The van der Waals surface area contributed by atoms with Gasteiger partial charge in [0.25, 0.3) is 0 Å². The molecule has 0 aliphatic rings. The summed E-state index contributed by atoms with van der Waals surface area (Å²) in [5, 5.41) is 5.24. The van der Waals surface area contributed by atoms with Gasteiger partial charge in [0.05, 0.1) is 5.52 Å². The first-order valence-corrected chi connectivity index (χ1v) is 6.30. The van der Waals surface area contributed by atoms with Crippen molar-refractivity contribution in [3.05, 3.63) is 42.5 Å². The molecule has 0 radical (unpaired) electrons. The van der Waals surface area contributed by atoms with Crippen LogP contribution in [0.25, 0.3) is 5.52 Å². The molecule has 0 fully saturated rings. The van der Waals surface area contributed by atoms with Gasteiger partial charge in [0.15, 0.2) is 5.82 Å². The number of alkyl halides is 3. The van der Waals surface area contributed by atoms with Crippen LogP contribution < -0.4 is 10.6 Å². The largest absolute Gasteiger partial charge is 0.421 e. The minimum absolute atomic E-state index is 0.0294. The average Bonchev–Trinajstić information content (AvgIpc) is 2.89. The van der Waals surface area contributed by atoms with Crippen molar-refractivity contribution in [2.75, 3.05) is 17.7 Å². The Bertz CT molecular complexity index is 811. The number of nitrogens with one attached hydrogen (secondary N) is 2. The predicted octanol–water partition coefficient (Wildman–Crippen LogP) is 2.93. The summed E-state index contributed by atoms with van der Waals surface area (Å²) in [7, 11) is 1.37. The maximum absolute atomic E-state index is 12.8. The van der Waals surface area contributed by atoms with Gasteiger partial charge < -0.3 is 15.0 Å². The standard InChI is InChI=1S/C13H11F3N6/c1-17-10-8(13(14,15)16)6-18-12(20-10)21-11-9-4-2-3-5-22(9)7-19-11/h2-7H,1H3,(H2,17,18,20,21). The lowest BCUT2D eigenvalue weighted by Crippen LogP contribution is -2.12. The second-order valence-electron chi connectivity index (χ2n) is 4.41. The second-order valence-corrected chi connectivity index (χ2v) is 4.41. The Balaban J connectivity index is 1.96. The molecule has 0 saturated heterocycles. The third kappa shape index (κ3) is 2.52. The summed E-state index contributed by atoms with van der Waals surface area (Å²) in [5.41, 5.74) is -0.160. The Labute approximate surface area is 123 Å². The summed E-state index contributed by atoms with van der Waals surface area (Å²) >= 11 is 0. The van der Waals surface area contributed by atoms with E-state index >= 15 is 0 Å². The van der Waals surface area contributed by atoms with Gasteiger partial charge in [0, 0.05) is 19.4 Å². The third-order valence-electron chi connectivity index (χ3n) is 3.01. The van der Waals surface area contributed by atoms with E-state index in [-0.39, 0.29) is 11.8 Å². The molecule has 3 rings (SSSR count). The van der Waals surface area contributed by atoms with E-state index in [2.05, 4.69) is 25.6 Å². The molecule has 0 aliphatic carbocycles. The monoisotopic (exact) mass is 308 g/mol. The number of nitrogens with zero attached hydrogens (tertiary/aromatic N) is 4. The molecule has 6 nitrogen and oxygen atoms in total. The Morgan fingerprint density at radius 2 is 1.95 bits per heavy atom. The van der Waals surface area contributed by atoms with Gasteiger partial charge in [-0.3, -0.25) is 0 Å². The van der Waals surface area contributed by atoms with Crippen LogP contribution in [0.4, 0.5) is 30.8 Å². The quantitative estimate of drug-likeness (QED) is 0.778. The zero-order chi connectivity index (χ0) is 15.7. The van der Waals surface area contributed by atoms with E-state index in [1.807, 2.05) is 18.2 Å². The maximum Gasteiger partial charge on any atom is 0.421 e. The molecule has 0 amide bonds. The van der Waals surface area contributed by atoms with Crippen LogP contribution in [0.15, 0.2) is 36.9 Å². The Kier molecular flexibility index (Phi) is 3.32. The molecule has 3 heterocycles. The van der Waals surface area contributed by atoms with Crippen LogP contribution in [-0.2, 0) is 6.18 Å². The van der Waals surface area contributed by atoms with Gasteiger partial charge in [-0.15, -0.1) is 0 Å². The average molecular weight is 308 g/mol. The molecule has 0 bridgehead atoms. The molecule has 0 aliphatic heterocycles. The SMILES string of the molecule is CNc1nc(Nc2ncn3ccccc23)ncc1C(F)(F)F. The molecule has 3 aromatic rings. The van der Waals surface area contributed by atoms with Crippen molar-refractivity contribution in [2.24, 2.45) is 0 Å². The fourth-order valence-corrected chi connectivity index (χ4v) is 1.99. The van der Waals surface area contributed by atoms with Gasteiger partial charge >= 0.3 is 6.18 Å². The molecule has 2 N–H and O–H groups in total. The molecular weight excluding hydrogens is 297 g/mol. The van der Waals surface area contributed by atoms with Crippen molar-refractivity contribution < 1.29 is 13.2 Å². The number of aromatic nitrogens is 4. The number of halogens is 3. The van der Waals surface area contributed by atoms with Gasteiger partial charge in [0.2, 0.25) is 5.95 Å². The van der Waals surface area contributed by atoms with Gasteiger partial charge in [-0.05, 0) is 12.1 Å². The number of fused-ring (bicyclic) bond motifs is 1. The highest BCUT2D eigenvalue weighted by Gasteiger charge is 2.35. The van der Waals surface area contributed by atoms with Crippen molar-refractivity contribution in [3.63, 3.8) is 0 Å². The minimum Gasteiger partial charge on any atom is -0.372 e. The van der Waals surface area contributed by atoms with Crippen LogP contribution in [-0.4, -0.2) is 26.4 Å². The predicted molar refractivity (Wildman–Crippen MR) is 75.1 cm³/mol. The Hall–Kier alpha value is -2.84. The summed E-state index contributed by atoms with van der Waals surface area (Å²) < 4.78 is 40.2. The molecule has 0 saturated carbocycles. The third-order valence-corrected chi connectivity index (χ3v) is 3.01. The highest BCUT2D eigenvalue weighted by atomic mass is 19.4. The van der Waals surface area contributed by atoms with Crippen molar-refractivity contribution in [1.82, 2.24) is 19.4 Å². The number of hydrogen-bond donors (Lipinski definition) is 2. The van der Waals surface area contributed by atoms with Gasteiger partial charge in [0.1, 0.15) is 17.7 Å². The van der Waals surface area contributed by atoms with E-state index in [1.165, 1.54) is 7.05 Å². The van der Waals surface area contributed by atoms with E-state index < -0.39 is 11.7 Å². The smallest absolute Gasteiger partial charge is 0.372 e. The molecule has 0 atom stereocenters. The van der Waals surface area contributed by atoms with Crippen molar-refractivity contribution in [3.8, 4) is 0 Å². The summed E-state index contributed by atoms with van der Waals surface area (Å²) in [6.45, 7) is 0. The summed E-state index contributed by atoms with van der Waals surface area (Å²) in [6.07, 6.45) is -0.391. The van der Waals surface area contributed by atoms with E-state index in [0.717, 1.165) is 11.7 Å². The highest BCUT2D eigenvalue weighted by Crippen LogP contribution is 2.33. The van der Waals surface area contributed by atoms with Crippen LogP contribution in [0.3, 0.4) is 0 Å². The first-order chi connectivity index (χ1) is 10.5. The zero-order valence-corrected chi connectivity index (χ0v) is 11.4. The summed E-state index contributed by atoms with van der Waals surface area (Å²) in [6, 6.07) is 5.49. The van der Waals surface area contributed by atoms with Crippen LogP contribution in [0.2, 0.25) is 0 Å². The van der Waals surface area contributed by atoms with Crippen LogP contribution in [0.5, 0.6) is 0 Å². The Morgan fingerprint density at radius 1 is 1.14 bits per heavy atom. The van der Waals surface area contributed by atoms with E-state index in [1.54, 1.807) is 16.9 Å². The van der Waals surface area contributed by atoms with Crippen molar-refractivity contribution in [1.29, 1.82) is 0 Å². The van der Waals surface area contributed by atoms with E-state index in [4.69, 9.17) is 0 Å². The molecule has 0 spiro atoms. The molecule has 3 aromatic heterocycles. The lowest BCUT2D eigenvalue weighted by atomic mass is 10.3. The number of anilines is 3. The molecule has 114 valence electrons. The number of rotatable bonds is 3. The molecular formula is C13H11F3N6. The molecule has 0 aromatic carbocycles. The normalized spacial score (nSPS) is 11.6. The van der Waals surface area contributed by atoms with Gasteiger partial charge in [-0.25, -0.2) is 9.97 Å². The number of pyridine rings is 1. The second kappa shape index (κ2) is 5.17. The molecule has 22 heavy (non-hydrogen) atoms. The topological polar surface area (TPSA) is 67.1 Å². The lowest BCUT2D eigenvalue weighted by Gasteiger charge is -2.12. The fraction of sp³-hybridized carbons (Fsp3) is 0.154. The van der Waals surface area contributed by atoms with Gasteiger partial charge in [-0.2, -0.15) is 18.2 Å². The van der Waals surface area contributed by atoms with E-state index in [0.29, 0.717) is 5.82 Å². The fourth-order valence-electron chi connectivity index (χ4n) is 1.99. The van der Waals surface area contributed by atoms with Crippen LogP contribution in [0.1, 0.15) is 5.56 Å². The Morgan fingerprint density at radius 3 is 2.68 bits per heavy atom. The summed E-state index contributed by atoms with van der Waals surface area (Å²) in [4.78, 5) is 11.7. The number of hydrogen-bond acceptors (Lipinski definition) is 5. The molecule has 9 heteroatoms. The lowest BCUT2D eigenvalue weighted by molar-refractivity contribution is -0.137. The maximum atomic E-state index is 12.8. The highest BCUT2D eigenvalue weighted by molar-refractivity contribution is 5.71. The van der Waals surface area contributed by atoms with E-state index in [9.17, 15) is 13.2 Å². The summed E-state index contributed by atoms with van der Waals surface area (Å²) in [5.74, 6) is 0.192. The van der Waals surface area contributed by atoms with Crippen LogP contribution in [0, 0.1) is 0 Å².